The monoisotopic (exact) mass is 333 g/mol. The Morgan fingerprint density at radius 3 is 2.43 bits per heavy atom. The first-order valence-corrected chi connectivity index (χ1v) is 7.28. The van der Waals surface area contributed by atoms with Crippen LogP contribution in [0, 0.1) is 0 Å². The van der Waals surface area contributed by atoms with E-state index >= 15 is 0 Å². The van der Waals surface area contributed by atoms with Crippen LogP contribution in [0.5, 0.6) is 5.75 Å². The van der Waals surface area contributed by atoms with Crippen molar-refractivity contribution in [3.8, 4) is 5.75 Å². The lowest BCUT2D eigenvalue weighted by atomic mass is 10.1. The summed E-state index contributed by atoms with van der Waals surface area (Å²) in [5, 5.41) is 12.9. The van der Waals surface area contributed by atoms with E-state index in [2.05, 4.69) is 10.1 Å². The molecule has 0 heterocycles. The molecular weight excluding hydrogens is 318 g/mol. The van der Waals surface area contributed by atoms with Crippen LogP contribution in [-0.2, 0) is 4.74 Å². The fourth-order valence-electron chi connectivity index (χ4n) is 2.07. The predicted molar refractivity (Wildman–Crippen MR) is 86.8 cm³/mol. The first-order valence-electron chi connectivity index (χ1n) is 6.90. The summed E-state index contributed by atoms with van der Waals surface area (Å²) in [7, 11) is 1.32. The molecular formula is C17H16ClNO4. The Bertz CT molecular complexity index is 728. The SMILES string of the molecule is COC(=O)c1ccc([C@H](C)NC(=O)c2cc(Cl)ccc2O)cc1. The Balaban J connectivity index is 2.12. The minimum atomic E-state index is -0.436. The van der Waals surface area contributed by atoms with Gasteiger partial charge in [0.25, 0.3) is 5.91 Å². The van der Waals surface area contributed by atoms with Crippen LogP contribution in [-0.4, -0.2) is 24.1 Å². The predicted octanol–water partition coefficient (Wildman–Crippen LogP) is 3.32. The molecule has 2 rings (SSSR count). The first-order chi connectivity index (χ1) is 10.9. The van der Waals surface area contributed by atoms with E-state index < -0.39 is 11.9 Å². The fraction of sp³-hybridized carbons (Fsp3) is 0.176. The molecule has 0 saturated heterocycles. The van der Waals surface area contributed by atoms with Crippen molar-refractivity contribution < 1.29 is 19.4 Å². The molecule has 0 radical (unpaired) electrons. The van der Waals surface area contributed by atoms with Gasteiger partial charge >= 0.3 is 5.97 Å². The highest BCUT2D eigenvalue weighted by molar-refractivity contribution is 6.31. The van der Waals surface area contributed by atoms with E-state index in [1.165, 1.54) is 25.3 Å². The molecule has 0 aliphatic rings. The molecule has 23 heavy (non-hydrogen) atoms. The lowest BCUT2D eigenvalue weighted by Gasteiger charge is -2.15. The van der Waals surface area contributed by atoms with E-state index in [1.54, 1.807) is 31.2 Å². The number of hydrogen-bond donors (Lipinski definition) is 2. The van der Waals surface area contributed by atoms with Gasteiger partial charge in [0.05, 0.1) is 24.3 Å². The second-order valence-corrected chi connectivity index (χ2v) is 5.41. The average Bonchev–Trinajstić information content (AvgIpc) is 2.56. The van der Waals surface area contributed by atoms with Crippen LogP contribution in [0.2, 0.25) is 5.02 Å². The standard InChI is InChI=1S/C17H16ClNO4/c1-10(11-3-5-12(6-4-11)17(22)23-2)19-16(21)14-9-13(18)7-8-15(14)20/h3-10,20H,1-2H3,(H,19,21)/t10-/m0/s1. The Hall–Kier alpha value is -2.53. The number of esters is 1. The highest BCUT2D eigenvalue weighted by atomic mass is 35.5. The molecule has 0 unspecified atom stereocenters. The minimum absolute atomic E-state index is 0.107. The Kier molecular flexibility index (Phi) is 5.24. The summed E-state index contributed by atoms with van der Waals surface area (Å²) in [5.41, 5.74) is 1.35. The molecule has 0 saturated carbocycles. The molecule has 2 aromatic rings. The van der Waals surface area contributed by atoms with Crippen molar-refractivity contribution in [2.45, 2.75) is 13.0 Å². The van der Waals surface area contributed by atoms with Crippen LogP contribution in [0.25, 0.3) is 0 Å². The molecule has 120 valence electrons. The third kappa shape index (κ3) is 4.02. The van der Waals surface area contributed by atoms with Crippen molar-refractivity contribution >= 4 is 23.5 Å². The summed E-state index contributed by atoms with van der Waals surface area (Å²) >= 11 is 5.84. The molecule has 0 fully saturated rings. The minimum Gasteiger partial charge on any atom is -0.507 e. The summed E-state index contributed by atoms with van der Waals surface area (Å²) in [6, 6.07) is 10.7. The molecule has 1 atom stereocenters. The van der Waals surface area contributed by atoms with Gasteiger partial charge in [0, 0.05) is 5.02 Å². The number of hydrogen-bond acceptors (Lipinski definition) is 4. The molecule has 2 aromatic carbocycles. The normalized spacial score (nSPS) is 11.6. The summed E-state index contributed by atoms with van der Waals surface area (Å²) in [6.07, 6.45) is 0. The number of carbonyl (C=O) groups is 2. The number of halogens is 1. The third-order valence-corrected chi connectivity index (χ3v) is 3.62. The van der Waals surface area contributed by atoms with Crippen LogP contribution in [0.4, 0.5) is 0 Å². The van der Waals surface area contributed by atoms with Gasteiger partial charge in [0.1, 0.15) is 5.75 Å². The Morgan fingerprint density at radius 2 is 1.83 bits per heavy atom. The quantitative estimate of drug-likeness (QED) is 0.841. The Labute approximate surface area is 138 Å². The Morgan fingerprint density at radius 1 is 1.17 bits per heavy atom. The number of ether oxygens (including phenoxy) is 1. The second-order valence-electron chi connectivity index (χ2n) is 4.97. The van der Waals surface area contributed by atoms with Crippen molar-refractivity contribution in [2.24, 2.45) is 0 Å². The number of rotatable bonds is 4. The van der Waals surface area contributed by atoms with Crippen molar-refractivity contribution in [2.75, 3.05) is 7.11 Å². The van der Waals surface area contributed by atoms with Crippen molar-refractivity contribution in [1.82, 2.24) is 5.32 Å². The number of methoxy groups -OCH3 is 1. The largest absolute Gasteiger partial charge is 0.507 e. The smallest absolute Gasteiger partial charge is 0.337 e. The molecule has 6 heteroatoms. The highest BCUT2D eigenvalue weighted by Gasteiger charge is 2.16. The lowest BCUT2D eigenvalue weighted by molar-refractivity contribution is 0.0600. The van der Waals surface area contributed by atoms with Crippen molar-refractivity contribution in [3.05, 3.63) is 64.2 Å². The first kappa shape index (κ1) is 16.8. The van der Waals surface area contributed by atoms with Crippen LogP contribution >= 0.6 is 11.6 Å². The van der Waals surface area contributed by atoms with E-state index in [4.69, 9.17) is 11.6 Å². The fourth-order valence-corrected chi connectivity index (χ4v) is 2.25. The van der Waals surface area contributed by atoms with Gasteiger partial charge in [-0.05, 0) is 42.8 Å². The van der Waals surface area contributed by atoms with E-state index in [1.807, 2.05) is 0 Å². The molecule has 0 aliphatic heterocycles. The topological polar surface area (TPSA) is 75.6 Å². The number of aromatic hydroxyl groups is 1. The van der Waals surface area contributed by atoms with Crippen molar-refractivity contribution in [3.63, 3.8) is 0 Å². The van der Waals surface area contributed by atoms with E-state index in [9.17, 15) is 14.7 Å². The van der Waals surface area contributed by atoms with Gasteiger partial charge in [0.2, 0.25) is 0 Å². The lowest BCUT2D eigenvalue weighted by Crippen LogP contribution is -2.26. The number of benzene rings is 2. The third-order valence-electron chi connectivity index (χ3n) is 3.38. The maximum Gasteiger partial charge on any atom is 0.337 e. The summed E-state index contributed by atoms with van der Waals surface area (Å²) in [4.78, 5) is 23.6. The average molecular weight is 334 g/mol. The van der Waals surface area contributed by atoms with Crippen LogP contribution in [0.3, 0.4) is 0 Å². The second kappa shape index (κ2) is 7.15. The van der Waals surface area contributed by atoms with Gasteiger partial charge in [-0.25, -0.2) is 4.79 Å². The molecule has 0 spiro atoms. The number of nitrogens with one attached hydrogen (secondary N) is 1. The van der Waals surface area contributed by atoms with Gasteiger partial charge in [-0.15, -0.1) is 0 Å². The molecule has 0 bridgehead atoms. The molecule has 2 N–H and O–H groups in total. The molecule has 1 amide bonds. The number of amides is 1. The van der Waals surface area contributed by atoms with Gasteiger partial charge in [-0.3, -0.25) is 4.79 Å². The van der Waals surface area contributed by atoms with Crippen LogP contribution in [0.1, 0.15) is 39.2 Å². The summed E-state index contributed by atoms with van der Waals surface area (Å²) < 4.78 is 4.63. The van der Waals surface area contributed by atoms with Crippen molar-refractivity contribution in [1.29, 1.82) is 0 Å². The zero-order chi connectivity index (χ0) is 17.0. The molecule has 0 aliphatic carbocycles. The number of phenols is 1. The highest BCUT2D eigenvalue weighted by Crippen LogP contribution is 2.22. The van der Waals surface area contributed by atoms with E-state index in [0.29, 0.717) is 10.6 Å². The zero-order valence-corrected chi connectivity index (χ0v) is 13.4. The van der Waals surface area contributed by atoms with Crippen LogP contribution in [0.15, 0.2) is 42.5 Å². The van der Waals surface area contributed by atoms with Gasteiger partial charge in [-0.1, -0.05) is 23.7 Å². The summed E-state index contributed by atoms with van der Waals surface area (Å²) in [6.45, 7) is 1.80. The van der Waals surface area contributed by atoms with Gasteiger partial charge in [0.15, 0.2) is 0 Å². The maximum absolute atomic E-state index is 12.2. The summed E-state index contributed by atoms with van der Waals surface area (Å²) in [5.74, 6) is -0.994. The van der Waals surface area contributed by atoms with E-state index in [0.717, 1.165) is 5.56 Å². The number of carbonyl (C=O) groups excluding carboxylic acids is 2. The number of phenolic OH excluding ortho intramolecular Hbond substituents is 1. The van der Waals surface area contributed by atoms with Gasteiger partial charge in [-0.2, -0.15) is 0 Å². The van der Waals surface area contributed by atoms with Crippen LogP contribution < -0.4 is 5.32 Å². The molecule has 5 nitrogen and oxygen atoms in total. The van der Waals surface area contributed by atoms with Gasteiger partial charge < -0.3 is 15.2 Å². The maximum atomic E-state index is 12.2. The van der Waals surface area contributed by atoms with E-state index in [-0.39, 0.29) is 17.4 Å². The zero-order valence-electron chi connectivity index (χ0n) is 12.7. The molecule has 0 aromatic heterocycles.